The van der Waals surface area contributed by atoms with Crippen LogP contribution in [0.1, 0.15) is 63.1 Å². The van der Waals surface area contributed by atoms with Crippen LogP contribution in [0.2, 0.25) is 0 Å². The van der Waals surface area contributed by atoms with Crippen LogP contribution in [0, 0.1) is 5.82 Å². The average molecular weight is 479 g/mol. The van der Waals surface area contributed by atoms with Crippen LogP contribution in [-0.2, 0) is 12.7 Å². The maximum absolute atomic E-state index is 15.7. The minimum atomic E-state index is -4.50. The lowest BCUT2D eigenvalue weighted by molar-refractivity contribution is -0.138. The van der Waals surface area contributed by atoms with E-state index in [0.717, 1.165) is 24.5 Å². The molecule has 3 heterocycles. The minimum Gasteiger partial charge on any atom is -0.363 e. The quantitative estimate of drug-likeness (QED) is 0.405. The molecule has 0 aliphatic carbocycles. The Kier molecular flexibility index (Phi) is 6.46. The van der Waals surface area contributed by atoms with Crippen molar-refractivity contribution < 1.29 is 17.6 Å². The van der Waals surface area contributed by atoms with Crippen molar-refractivity contribution in [2.75, 3.05) is 17.2 Å². The van der Waals surface area contributed by atoms with Gasteiger partial charge in [0.15, 0.2) is 17.3 Å². The molecule has 2 aromatic heterocycles. The van der Waals surface area contributed by atoms with Gasteiger partial charge < -0.3 is 16.0 Å². The zero-order valence-electron chi connectivity index (χ0n) is 19.7. The summed E-state index contributed by atoms with van der Waals surface area (Å²) in [6.45, 7) is 8.63. The fourth-order valence-electron chi connectivity index (χ4n) is 4.22. The highest BCUT2D eigenvalue weighted by Crippen LogP contribution is 2.33. The Morgan fingerprint density at radius 1 is 1.24 bits per heavy atom. The van der Waals surface area contributed by atoms with Gasteiger partial charge >= 0.3 is 6.18 Å². The molecule has 1 fully saturated rings. The molecule has 0 spiro atoms. The third-order valence-electron chi connectivity index (χ3n) is 6.29. The SMILES string of the molecule is CC(C)c1cnn2c(NCc3ccccc3C(F)(F)F)c(F)c(N[C@H]3CCC(C)(C)NC3)nc12. The first kappa shape index (κ1) is 24.3. The van der Waals surface area contributed by atoms with Crippen molar-refractivity contribution >= 4 is 17.3 Å². The summed E-state index contributed by atoms with van der Waals surface area (Å²) in [5.74, 6) is -0.562. The van der Waals surface area contributed by atoms with Gasteiger partial charge in [0.25, 0.3) is 0 Å². The van der Waals surface area contributed by atoms with Crippen molar-refractivity contribution in [2.24, 2.45) is 0 Å². The van der Waals surface area contributed by atoms with E-state index in [1.165, 1.54) is 22.7 Å². The number of nitrogens with zero attached hydrogens (tertiary/aromatic N) is 3. The molecule has 0 saturated carbocycles. The van der Waals surface area contributed by atoms with E-state index in [2.05, 4.69) is 39.9 Å². The molecule has 0 bridgehead atoms. The van der Waals surface area contributed by atoms with Crippen molar-refractivity contribution in [2.45, 2.75) is 70.8 Å². The third-order valence-corrected chi connectivity index (χ3v) is 6.29. The number of alkyl halides is 3. The predicted octanol–water partition coefficient (Wildman–Crippen LogP) is 5.57. The molecule has 1 aromatic carbocycles. The van der Waals surface area contributed by atoms with E-state index in [4.69, 9.17) is 0 Å². The van der Waals surface area contributed by atoms with Crippen LogP contribution in [0.3, 0.4) is 0 Å². The first-order valence-corrected chi connectivity index (χ1v) is 11.4. The van der Waals surface area contributed by atoms with Crippen LogP contribution < -0.4 is 16.0 Å². The maximum atomic E-state index is 15.7. The summed E-state index contributed by atoms with van der Waals surface area (Å²) >= 11 is 0. The van der Waals surface area contributed by atoms with E-state index in [-0.39, 0.29) is 41.2 Å². The van der Waals surface area contributed by atoms with Gasteiger partial charge in [-0.15, -0.1) is 0 Å². The van der Waals surface area contributed by atoms with E-state index < -0.39 is 17.6 Å². The molecule has 6 nitrogen and oxygen atoms in total. The van der Waals surface area contributed by atoms with Gasteiger partial charge in [-0.1, -0.05) is 32.0 Å². The van der Waals surface area contributed by atoms with Crippen molar-refractivity contribution in [3.05, 3.63) is 53.0 Å². The van der Waals surface area contributed by atoms with Crippen LogP contribution in [-0.4, -0.2) is 32.7 Å². The van der Waals surface area contributed by atoms with E-state index in [1.54, 1.807) is 6.20 Å². The van der Waals surface area contributed by atoms with Gasteiger partial charge in [0.05, 0.1) is 11.8 Å². The number of piperidine rings is 1. The zero-order valence-corrected chi connectivity index (χ0v) is 19.7. The van der Waals surface area contributed by atoms with Gasteiger partial charge in [0.1, 0.15) is 0 Å². The second-order valence-corrected chi connectivity index (χ2v) is 9.77. The molecule has 1 atom stereocenters. The molecule has 4 rings (SSSR count). The molecule has 1 saturated heterocycles. The Balaban J connectivity index is 1.69. The van der Waals surface area contributed by atoms with Crippen LogP contribution >= 0.6 is 0 Å². The summed E-state index contributed by atoms with van der Waals surface area (Å²) < 4.78 is 57.3. The lowest BCUT2D eigenvalue weighted by Gasteiger charge is -2.36. The third kappa shape index (κ3) is 4.96. The molecule has 0 amide bonds. The van der Waals surface area contributed by atoms with E-state index in [0.29, 0.717) is 12.2 Å². The molecule has 0 radical (unpaired) electrons. The number of nitrogens with one attached hydrogen (secondary N) is 3. The largest absolute Gasteiger partial charge is 0.416 e. The van der Waals surface area contributed by atoms with E-state index >= 15 is 4.39 Å². The van der Waals surface area contributed by atoms with Gasteiger partial charge in [-0.05, 0) is 44.2 Å². The number of halogens is 4. The smallest absolute Gasteiger partial charge is 0.363 e. The Morgan fingerprint density at radius 3 is 2.62 bits per heavy atom. The van der Waals surface area contributed by atoms with Crippen LogP contribution in [0.25, 0.3) is 5.65 Å². The Bertz CT molecular complexity index is 1160. The molecule has 1 aliphatic heterocycles. The van der Waals surface area contributed by atoms with Crippen LogP contribution in [0.4, 0.5) is 29.2 Å². The second kappa shape index (κ2) is 9.05. The number of hydrogen-bond donors (Lipinski definition) is 3. The second-order valence-electron chi connectivity index (χ2n) is 9.77. The zero-order chi connectivity index (χ0) is 24.7. The highest BCUT2D eigenvalue weighted by atomic mass is 19.4. The Morgan fingerprint density at radius 2 is 1.97 bits per heavy atom. The highest BCUT2D eigenvalue weighted by Gasteiger charge is 2.33. The van der Waals surface area contributed by atoms with Gasteiger partial charge in [0, 0.05) is 30.2 Å². The number of fused-ring (bicyclic) bond motifs is 1. The molecule has 0 unspecified atom stereocenters. The van der Waals surface area contributed by atoms with E-state index in [9.17, 15) is 13.2 Å². The van der Waals surface area contributed by atoms with Gasteiger partial charge in [-0.25, -0.2) is 4.98 Å². The molecule has 3 N–H and O–H groups in total. The summed E-state index contributed by atoms with van der Waals surface area (Å²) in [6, 6.07) is 5.23. The van der Waals surface area contributed by atoms with Crippen LogP contribution in [0.5, 0.6) is 0 Å². The number of aromatic nitrogens is 3. The predicted molar refractivity (Wildman–Crippen MR) is 125 cm³/mol. The normalized spacial score (nSPS) is 18.4. The Hall–Kier alpha value is -2.88. The van der Waals surface area contributed by atoms with E-state index in [1.807, 2.05) is 13.8 Å². The molecular weight excluding hydrogens is 448 g/mol. The summed E-state index contributed by atoms with van der Waals surface area (Å²) in [5.41, 5.74) is 0.567. The molecule has 34 heavy (non-hydrogen) atoms. The molecule has 184 valence electrons. The van der Waals surface area contributed by atoms with Gasteiger partial charge in [0.2, 0.25) is 5.82 Å². The summed E-state index contributed by atoms with van der Waals surface area (Å²) in [4.78, 5) is 4.53. The lowest BCUT2D eigenvalue weighted by Crippen LogP contribution is -2.50. The average Bonchev–Trinajstić information content (AvgIpc) is 3.18. The topological polar surface area (TPSA) is 66.3 Å². The van der Waals surface area contributed by atoms with Crippen LogP contribution in [0.15, 0.2) is 30.5 Å². The summed E-state index contributed by atoms with van der Waals surface area (Å²) in [7, 11) is 0. The fourth-order valence-corrected chi connectivity index (χ4v) is 4.22. The number of hydrogen-bond acceptors (Lipinski definition) is 5. The first-order chi connectivity index (χ1) is 16.0. The fraction of sp³-hybridized carbons (Fsp3) is 0.500. The first-order valence-electron chi connectivity index (χ1n) is 11.4. The maximum Gasteiger partial charge on any atom is 0.416 e. The van der Waals surface area contributed by atoms with Crippen molar-refractivity contribution in [1.82, 2.24) is 19.9 Å². The number of rotatable bonds is 6. The number of benzene rings is 1. The van der Waals surface area contributed by atoms with Crippen molar-refractivity contribution in [3.8, 4) is 0 Å². The standard InChI is InChI=1S/C24H30F4N6/c1-14(2)17-13-31-34-21(17)33-20(32-16-9-10-23(3,4)30-12-16)19(25)22(34)29-11-15-7-5-6-8-18(15)24(26,27)28/h5-8,13-14,16,29-30H,9-12H2,1-4H3,(H,32,33)/t16-/m0/s1. The highest BCUT2D eigenvalue weighted by molar-refractivity contribution is 5.62. The lowest BCUT2D eigenvalue weighted by atomic mass is 9.91. The monoisotopic (exact) mass is 478 g/mol. The van der Waals surface area contributed by atoms with Gasteiger partial charge in [-0.3, -0.25) is 0 Å². The van der Waals surface area contributed by atoms with Crippen molar-refractivity contribution in [3.63, 3.8) is 0 Å². The molecule has 1 aliphatic rings. The molecule has 3 aromatic rings. The summed E-state index contributed by atoms with van der Waals surface area (Å²) in [5, 5.41) is 13.8. The Labute approximate surface area is 196 Å². The number of anilines is 2. The summed E-state index contributed by atoms with van der Waals surface area (Å²) in [6.07, 6.45) is -1.13. The van der Waals surface area contributed by atoms with Gasteiger partial charge in [-0.2, -0.15) is 27.2 Å². The van der Waals surface area contributed by atoms with Crippen molar-refractivity contribution in [1.29, 1.82) is 0 Å². The minimum absolute atomic E-state index is 0.0168. The molecule has 10 heteroatoms. The molecular formula is C24H30F4N6.